The quantitative estimate of drug-likeness (QED) is 0.768. The summed E-state index contributed by atoms with van der Waals surface area (Å²) in [5, 5.41) is 12.6. The van der Waals surface area contributed by atoms with Crippen molar-refractivity contribution in [2.45, 2.75) is 4.90 Å². The molecule has 0 bridgehead atoms. The zero-order valence-electron chi connectivity index (χ0n) is 12.5. The first-order valence-electron chi connectivity index (χ1n) is 6.95. The Balaban J connectivity index is 2.11. The van der Waals surface area contributed by atoms with Crippen molar-refractivity contribution in [1.29, 1.82) is 0 Å². The highest BCUT2D eigenvalue weighted by atomic mass is 32.2. The first kappa shape index (κ1) is 15.3. The molecule has 3 N–H and O–H groups in total. The number of primary sulfonamides is 1. The molecule has 0 saturated heterocycles. The lowest BCUT2D eigenvalue weighted by Gasteiger charge is -2.08. The van der Waals surface area contributed by atoms with Gasteiger partial charge >= 0.3 is 0 Å². The average molecular weight is 328 g/mol. The van der Waals surface area contributed by atoms with Gasteiger partial charge in [-0.25, -0.2) is 18.2 Å². The molecular weight excluding hydrogens is 312 g/mol. The maximum atomic E-state index is 11.4. The van der Waals surface area contributed by atoms with Gasteiger partial charge in [0.1, 0.15) is 5.82 Å². The van der Waals surface area contributed by atoms with Crippen LogP contribution in [0.2, 0.25) is 0 Å². The monoisotopic (exact) mass is 328 g/mol. The second-order valence-corrected chi connectivity index (χ2v) is 6.54. The van der Waals surface area contributed by atoms with Crippen LogP contribution in [0.5, 0.6) is 0 Å². The first-order chi connectivity index (χ1) is 11.0. The van der Waals surface area contributed by atoms with E-state index in [0.29, 0.717) is 0 Å². The van der Waals surface area contributed by atoms with Gasteiger partial charge in [0.2, 0.25) is 10.0 Å². The Kier molecular flexibility index (Phi) is 3.89. The molecule has 118 valence electrons. The maximum Gasteiger partial charge on any atom is 0.238 e. The molecule has 0 amide bonds. The largest absolute Gasteiger partial charge is 0.372 e. The molecule has 0 aliphatic carbocycles. The van der Waals surface area contributed by atoms with Crippen molar-refractivity contribution < 1.29 is 8.42 Å². The van der Waals surface area contributed by atoms with Crippen LogP contribution < -0.4 is 10.5 Å². The van der Waals surface area contributed by atoms with Crippen LogP contribution in [0.25, 0.3) is 16.9 Å². The van der Waals surface area contributed by atoms with Gasteiger partial charge in [0, 0.05) is 18.7 Å². The fourth-order valence-corrected chi connectivity index (χ4v) is 2.81. The fraction of sp³-hybridized carbons (Fsp3) is 0.0625. The summed E-state index contributed by atoms with van der Waals surface area (Å²) < 4.78 is 24.5. The van der Waals surface area contributed by atoms with Crippen molar-refractivity contribution in [3.8, 4) is 16.9 Å². The minimum absolute atomic E-state index is 0.0727. The van der Waals surface area contributed by atoms with Crippen LogP contribution in [0.3, 0.4) is 0 Å². The zero-order chi connectivity index (χ0) is 16.4. The Morgan fingerprint density at radius 2 is 1.70 bits per heavy atom. The minimum Gasteiger partial charge on any atom is -0.372 e. The van der Waals surface area contributed by atoms with E-state index in [1.807, 2.05) is 36.4 Å². The second kappa shape index (κ2) is 5.86. The molecule has 0 unspecified atom stereocenters. The van der Waals surface area contributed by atoms with E-state index < -0.39 is 10.0 Å². The molecule has 0 saturated carbocycles. The molecule has 0 aliphatic heterocycles. The van der Waals surface area contributed by atoms with E-state index in [1.165, 1.54) is 12.1 Å². The molecular formula is C16H16N4O2S. The van der Waals surface area contributed by atoms with Gasteiger partial charge in [-0.1, -0.05) is 30.3 Å². The highest BCUT2D eigenvalue weighted by Crippen LogP contribution is 2.26. The van der Waals surface area contributed by atoms with Crippen molar-refractivity contribution in [3.05, 3.63) is 60.7 Å². The molecule has 0 fully saturated rings. The smallest absolute Gasteiger partial charge is 0.238 e. The van der Waals surface area contributed by atoms with E-state index in [2.05, 4.69) is 10.4 Å². The van der Waals surface area contributed by atoms with Crippen molar-refractivity contribution in [2.75, 3.05) is 12.4 Å². The standard InChI is InChI=1S/C16H16N4O2S/c1-18-16-11-15(12-5-3-2-4-6-12)20(19-16)13-7-9-14(10-8-13)23(17,21)22/h2-11H,1H3,(H,18,19)(H2,17,21,22). The molecule has 1 aromatic heterocycles. The van der Waals surface area contributed by atoms with Crippen molar-refractivity contribution in [2.24, 2.45) is 5.14 Å². The summed E-state index contributed by atoms with van der Waals surface area (Å²) >= 11 is 0. The van der Waals surface area contributed by atoms with Gasteiger partial charge in [-0.2, -0.15) is 0 Å². The van der Waals surface area contributed by atoms with E-state index >= 15 is 0 Å². The highest BCUT2D eigenvalue weighted by molar-refractivity contribution is 7.89. The summed E-state index contributed by atoms with van der Waals surface area (Å²) in [6, 6.07) is 18.1. The van der Waals surface area contributed by atoms with Crippen LogP contribution in [0.4, 0.5) is 5.82 Å². The van der Waals surface area contributed by atoms with Gasteiger partial charge in [-0.05, 0) is 24.3 Å². The summed E-state index contributed by atoms with van der Waals surface area (Å²) in [5.41, 5.74) is 2.66. The van der Waals surface area contributed by atoms with Gasteiger partial charge in [-0.15, -0.1) is 5.10 Å². The topological polar surface area (TPSA) is 90.0 Å². The molecule has 3 aromatic rings. The summed E-state index contributed by atoms with van der Waals surface area (Å²) in [5.74, 6) is 0.722. The second-order valence-electron chi connectivity index (χ2n) is 4.98. The van der Waals surface area contributed by atoms with Gasteiger partial charge in [0.15, 0.2) is 0 Å². The van der Waals surface area contributed by atoms with Crippen LogP contribution in [-0.2, 0) is 10.0 Å². The summed E-state index contributed by atoms with van der Waals surface area (Å²) in [6.45, 7) is 0. The van der Waals surface area contributed by atoms with Gasteiger partial charge in [0.25, 0.3) is 0 Å². The fourth-order valence-electron chi connectivity index (χ4n) is 2.29. The molecule has 3 rings (SSSR count). The van der Waals surface area contributed by atoms with Crippen LogP contribution in [0, 0.1) is 0 Å². The number of sulfonamides is 1. The number of nitrogens with two attached hydrogens (primary N) is 1. The summed E-state index contributed by atoms with van der Waals surface area (Å²) in [7, 11) is -1.91. The molecule has 0 radical (unpaired) electrons. The minimum atomic E-state index is -3.71. The van der Waals surface area contributed by atoms with Crippen molar-refractivity contribution >= 4 is 15.8 Å². The molecule has 0 atom stereocenters. The van der Waals surface area contributed by atoms with Gasteiger partial charge in [-0.3, -0.25) is 0 Å². The Labute approximate surface area is 134 Å². The third-order valence-corrected chi connectivity index (χ3v) is 4.37. The van der Waals surface area contributed by atoms with E-state index in [4.69, 9.17) is 5.14 Å². The Morgan fingerprint density at radius 3 is 2.26 bits per heavy atom. The molecule has 6 nitrogen and oxygen atoms in total. The third-order valence-electron chi connectivity index (χ3n) is 3.44. The molecule has 0 spiro atoms. The van der Waals surface area contributed by atoms with E-state index in [9.17, 15) is 8.42 Å². The number of aromatic nitrogens is 2. The highest BCUT2D eigenvalue weighted by Gasteiger charge is 2.12. The molecule has 1 heterocycles. The van der Waals surface area contributed by atoms with Crippen LogP contribution >= 0.6 is 0 Å². The van der Waals surface area contributed by atoms with E-state index in [-0.39, 0.29) is 4.90 Å². The van der Waals surface area contributed by atoms with Crippen molar-refractivity contribution in [3.63, 3.8) is 0 Å². The number of hydrogen-bond donors (Lipinski definition) is 2. The number of nitrogens with zero attached hydrogens (tertiary/aromatic N) is 2. The number of benzene rings is 2. The number of hydrogen-bond acceptors (Lipinski definition) is 4. The summed E-state index contributed by atoms with van der Waals surface area (Å²) in [4.78, 5) is 0.0727. The van der Waals surface area contributed by atoms with Crippen LogP contribution in [0.1, 0.15) is 0 Å². The SMILES string of the molecule is CNc1cc(-c2ccccc2)n(-c2ccc(S(N)(=O)=O)cc2)n1. The number of rotatable bonds is 4. The molecule has 7 heteroatoms. The van der Waals surface area contributed by atoms with E-state index in [0.717, 1.165) is 22.8 Å². The van der Waals surface area contributed by atoms with Gasteiger partial charge < -0.3 is 5.32 Å². The molecule has 2 aromatic carbocycles. The first-order valence-corrected chi connectivity index (χ1v) is 8.50. The predicted molar refractivity (Wildman–Crippen MR) is 89.9 cm³/mol. The molecule has 0 aliphatic rings. The Morgan fingerprint density at radius 1 is 1.04 bits per heavy atom. The average Bonchev–Trinajstić information content (AvgIpc) is 2.99. The number of nitrogens with one attached hydrogen (secondary N) is 1. The van der Waals surface area contributed by atoms with Crippen LogP contribution in [0.15, 0.2) is 65.6 Å². The van der Waals surface area contributed by atoms with Crippen molar-refractivity contribution in [1.82, 2.24) is 9.78 Å². The Bertz CT molecular complexity index is 916. The van der Waals surface area contributed by atoms with Crippen LogP contribution in [-0.4, -0.2) is 25.2 Å². The Hall–Kier alpha value is -2.64. The predicted octanol–water partition coefficient (Wildman–Crippen LogP) is 2.23. The summed E-state index contributed by atoms with van der Waals surface area (Å²) in [6.07, 6.45) is 0. The lowest BCUT2D eigenvalue weighted by molar-refractivity contribution is 0.598. The zero-order valence-corrected chi connectivity index (χ0v) is 13.3. The molecule has 23 heavy (non-hydrogen) atoms. The van der Waals surface area contributed by atoms with Gasteiger partial charge in [0.05, 0.1) is 16.3 Å². The third kappa shape index (κ3) is 3.10. The van der Waals surface area contributed by atoms with E-state index in [1.54, 1.807) is 23.9 Å². The lowest BCUT2D eigenvalue weighted by atomic mass is 10.1. The number of anilines is 1. The lowest BCUT2D eigenvalue weighted by Crippen LogP contribution is -2.12. The maximum absolute atomic E-state index is 11.4. The normalized spacial score (nSPS) is 11.4.